The molecule has 4 aromatic rings. The van der Waals surface area contributed by atoms with E-state index in [1.54, 1.807) is 19.5 Å². The number of aliphatic hydroxyl groups excluding tert-OH is 1. The maximum Gasteiger partial charge on any atom is 0.393 e. The third-order valence-corrected chi connectivity index (χ3v) is 7.97. The zero-order valence-corrected chi connectivity index (χ0v) is 23.0. The quantitative estimate of drug-likeness (QED) is 0.289. The summed E-state index contributed by atoms with van der Waals surface area (Å²) in [5, 5.41) is 14.8. The summed E-state index contributed by atoms with van der Waals surface area (Å²) < 4.78 is 44.0. The molecule has 7 nitrogen and oxygen atoms in total. The van der Waals surface area contributed by atoms with Crippen molar-refractivity contribution in [1.29, 1.82) is 0 Å². The van der Waals surface area contributed by atoms with E-state index < -0.39 is 18.7 Å². The lowest BCUT2D eigenvalue weighted by Gasteiger charge is -2.26. The van der Waals surface area contributed by atoms with Gasteiger partial charge in [-0.3, -0.25) is 4.98 Å². The van der Waals surface area contributed by atoms with E-state index in [0.717, 1.165) is 28.0 Å². The lowest BCUT2D eigenvalue weighted by molar-refractivity contribution is -0.126. The van der Waals surface area contributed by atoms with E-state index in [0.29, 0.717) is 41.2 Å². The fourth-order valence-corrected chi connectivity index (χ4v) is 5.93. The molecule has 1 aromatic carbocycles. The van der Waals surface area contributed by atoms with Crippen molar-refractivity contribution < 1.29 is 23.0 Å². The molecule has 0 bridgehead atoms. The third kappa shape index (κ3) is 6.78. The van der Waals surface area contributed by atoms with Crippen LogP contribution in [0.2, 0.25) is 0 Å². The highest BCUT2D eigenvalue weighted by Crippen LogP contribution is 2.36. The molecule has 0 spiro atoms. The topological polar surface area (TPSA) is 83.4 Å². The number of nitrogens with one attached hydrogen (secondary N) is 1. The minimum absolute atomic E-state index is 0. The van der Waals surface area contributed by atoms with Crippen LogP contribution < -0.4 is 15.0 Å². The van der Waals surface area contributed by atoms with Crippen LogP contribution in [-0.4, -0.2) is 58.6 Å². The molecule has 1 fully saturated rings. The van der Waals surface area contributed by atoms with Gasteiger partial charge in [-0.1, -0.05) is 24.3 Å². The number of fused-ring (bicyclic) bond motifs is 1. The Balaban J connectivity index is 0.00000353. The zero-order chi connectivity index (χ0) is 26.9. The molecule has 0 radical (unpaired) electrons. The highest BCUT2D eigenvalue weighted by molar-refractivity contribution is 7.18. The van der Waals surface area contributed by atoms with Gasteiger partial charge in [-0.15, -0.1) is 23.7 Å². The summed E-state index contributed by atoms with van der Waals surface area (Å²) in [7, 11) is 3.48. The van der Waals surface area contributed by atoms with E-state index in [4.69, 9.17) is 4.74 Å². The normalized spacial score (nSPS) is 19.2. The molecule has 208 valence electrons. The van der Waals surface area contributed by atoms with Gasteiger partial charge in [0.25, 0.3) is 0 Å². The van der Waals surface area contributed by atoms with Crippen LogP contribution >= 0.6 is 23.7 Å². The summed E-state index contributed by atoms with van der Waals surface area (Å²) in [6, 6.07) is 11.5. The van der Waals surface area contributed by atoms with Crippen molar-refractivity contribution in [2.45, 2.75) is 50.2 Å². The Hall–Kier alpha value is -2.99. The van der Waals surface area contributed by atoms with Crippen LogP contribution in [0.5, 0.6) is 5.75 Å². The van der Waals surface area contributed by atoms with Crippen LogP contribution in [0.1, 0.15) is 23.3 Å². The van der Waals surface area contributed by atoms with Gasteiger partial charge in [0.05, 0.1) is 31.2 Å². The number of hydrogen-bond donors (Lipinski definition) is 2. The van der Waals surface area contributed by atoms with Crippen molar-refractivity contribution in [3.05, 3.63) is 65.6 Å². The number of thiophene rings is 1. The Kier molecular flexibility index (Phi) is 8.95. The van der Waals surface area contributed by atoms with Gasteiger partial charge in [0.15, 0.2) is 0 Å². The zero-order valence-electron chi connectivity index (χ0n) is 21.4. The first-order valence-electron chi connectivity index (χ1n) is 12.2. The number of aromatic nitrogens is 3. The highest BCUT2D eigenvalue weighted by atomic mass is 35.5. The second-order valence-corrected chi connectivity index (χ2v) is 10.6. The summed E-state index contributed by atoms with van der Waals surface area (Å²) in [5.74, 6) is 1.28. The molecule has 3 aromatic heterocycles. The van der Waals surface area contributed by atoms with Gasteiger partial charge in [-0.2, -0.15) is 13.2 Å². The van der Waals surface area contributed by atoms with Crippen molar-refractivity contribution >= 4 is 39.8 Å². The Morgan fingerprint density at radius 2 is 1.87 bits per heavy atom. The maximum atomic E-state index is 12.9. The molecule has 12 heteroatoms. The number of methoxy groups -OCH3 is 1. The number of hydrogen-bond acceptors (Lipinski definition) is 8. The number of halogens is 4. The summed E-state index contributed by atoms with van der Waals surface area (Å²) in [4.78, 5) is 15.4. The minimum atomic E-state index is -4.28. The Morgan fingerprint density at radius 3 is 2.59 bits per heavy atom. The predicted octanol–water partition coefficient (Wildman–Crippen LogP) is 5.41. The molecule has 0 saturated heterocycles. The van der Waals surface area contributed by atoms with Crippen LogP contribution in [0.25, 0.3) is 21.3 Å². The molecule has 1 saturated carbocycles. The average molecular weight is 580 g/mol. The van der Waals surface area contributed by atoms with Crippen LogP contribution in [-0.2, 0) is 13.0 Å². The van der Waals surface area contributed by atoms with Crippen LogP contribution in [0, 0.1) is 0 Å². The smallest absolute Gasteiger partial charge is 0.393 e. The summed E-state index contributed by atoms with van der Waals surface area (Å²) in [6.45, 7) is 0.595. The van der Waals surface area contributed by atoms with E-state index in [1.165, 1.54) is 12.4 Å². The number of alkyl halides is 3. The standard InChI is InChI=1S/C27H28F3N5O2S.ClH/c1-35(25-22-10-21(11-27(28,29)30)38-26(22)34-15-33-25)19-8-23(24(36)9-19)32-12-16-3-5-17(6-4-16)18-7-20(37-2)14-31-13-18;/h3-7,10,13-15,19,23-24,32,36H,8-9,11-12H2,1-2H3;1H/t19-,23+,24-;/m0./s1. The van der Waals surface area contributed by atoms with Crippen molar-refractivity contribution in [2.75, 3.05) is 19.1 Å². The number of anilines is 1. The van der Waals surface area contributed by atoms with Gasteiger partial charge in [-0.25, -0.2) is 9.97 Å². The van der Waals surface area contributed by atoms with E-state index in [1.807, 2.05) is 42.3 Å². The molecule has 3 atom stereocenters. The van der Waals surface area contributed by atoms with Gasteiger partial charge in [0, 0.05) is 42.3 Å². The van der Waals surface area contributed by atoms with E-state index in [9.17, 15) is 18.3 Å². The molecule has 0 aliphatic heterocycles. The number of aliphatic hydroxyl groups is 1. The first kappa shape index (κ1) is 29.0. The van der Waals surface area contributed by atoms with Crippen LogP contribution in [0.3, 0.4) is 0 Å². The second-order valence-electron chi connectivity index (χ2n) is 9.52. The molecular weight excluding hydrogens is 551 g/mol. The Labute approximate surface area is 234 Å². The van der Waals surface area contributed by atoms with Gasteiger partial charge < -0.3 is 20.1 Å². The second kappa shape index (κ2) is 12.0. The molecule has 39 heavy (non-hydrogen) atoms. The molecule has 5 rings (SSSR count). The summed E-state index contributed by atoms with van der Waals surface area (Å²) in [5.41, 5.74) is 3.09. The molecule has 0 unspecified atom stereocenters. The summed E-state index contributed by atoms with van der Waals surface area (Å²) >= 11 is 1.04. The summed E-state index contributed by atoms with van der Waals surface area (Å²) in [6.07, 6.45) is 0.235. The van der Waals surface area contributed by atoms with Crippen LogP contribution in [0.4, 0.5) is 19.0 Å². The molecule has 2 N–H and O–H groups in total. The van der Waals surface area contributed by atoms with Gasteiger partial charge in [-0.05, 0) is 36.1 Å². The Morgan fingerprint density at radius 1 is 1.10 bits per heavy atom. The SMILES string of the molecule is COc1cncc(-c2ccc(CN[C@@H]3C[C@H](N(C)c4ncnc5sc(CC(F)(F)F)cc45)C[C@@H]3O)cc2)c1.Cl. The van der Waals surface area contributed by atoms with E-state index in [2.05, 4.69) is 20.3 Å². The van der Waals surface area contributed by atoms with E-state index >= 15 is 0 Å². The fourth-order valence-electron chi connectivity index (χ4n) is 4.91. The molecule has 1 aliphatic rings. The largest absolute Gasteiger partial charge is 0.495 e. The molecule has 3 heterocycles. The predicted molar refractivity (Wildman–Crippen MR) is 149 cm³/mol. The van der Waals surface area contributed by atoms with Gasteiger partial charge in [0.2, 0.25) is 0 Å². The third-order valence-electron chi connectivity index (χ3n) is 6.92. The lowest BCUT2D eigenvalue weighted by atomic mass is 10.1. The average Bonchev–Trinajstić information content (AvgIpc) is 3.48. The number of nitrogens with zero attached hydrogens (tertiary/aromatic N) is 4. The Bertz CT molecular complexity index is 1400. The van der Waals surface area contributed by atoms with Crippen molar-refractivity contribution in [3.8, 4) is 16.9 Å². The first-order valence-corrected chi connectivity index (χ1v) is 13.0. The lowest BCUT2D eigenvalue weighted by Crippen LogP contribution is -2.35. The van der Waals surface area contributed by atoms with E-state index in [-0.39, 0.29) is 29.4 Å². The van der Waals surface area contributed by atoms with Crippen molar-refractivity contribution in [2.24, 2.45) is 0 Å². The van der Waals surface area contributed by atoms with Gasteiger partial charge >= 0.3 is 6.18 Å². The van der Waals surface area contributed by atoms with Gasteiger partial charge in [0.1, 0.15) is 22.7 Å². The van der Waals surface area contributed by atoms with Crippen molar-refractivity contribution in [3.63, 3.8) is 0 Å². The number of benzene rings is 1. The molecule has 0 amide bonds. The van der Waals surface area contributed by atoms with Crippen LogP contribution in [0.15, 0.2) is 55.1 Å². The first-order chi connectivity index (χ1) is 18.2. The molecular formula is C27H29ClF3N5O2S. The number of ether oxygens (including phenoxy) is 1. The fraction of sp³-hybridized carbons (Fsp3) is 0.370. The minimum Gasteiger partial charge on any atom is -0.495 e. The maximum absolute atomic E-state index is 12.9. The van der Waals surface area contributed by atoms with Crippen molar-refractivity contribution in [1.82, 2.24) is 20.3 Å². The monoisotopic (exact) mass is 579 g/mol. The number of rotatable bonds is 8. The molecule has 1 aliphatic carbocycles. The number of pyridine rings is 1. The highest BCUT2D eigenvalue weighted by Gasteiger charge is 2.36.